The molecule has 23 heavy (non-hydrogen) atoms. The van der Waals surface area contributed by atoms with Crippen LogP contribution in [0, 0.1) is 5.92 Å². The van der Waals surface area contributed by atoms with E-state index in [1.165, 1.54) is 0 Å². The molecule has 0 fully saturated rings. The summed E-state index contributed by atoms with van der Waals surface area (Å²) in [5.74, 6) is -0.0999. The Hall–Kier alpha value is -2.07. The summed E-state index contributed by atoms with van der Waals surface area (Å²) in [6.07, 6.45) is 0. The van der Waals surface area contributed by atoms with Gasteiger partial charge in [-0.25, -0.2) is 0 Å². The van der Waals surface area contributed by atoms with Crippen molar-refractivity contribution in [1.82, 2.24) is 5.32 Å². The number of hydrogen-bond donors (Lipinski definition) is 3. The fourth-order valence-electron chi connectivity index (χ4n) is 2.00. The van der Waals surface area contributed by atoms with Crippen LogP contribution in [-0.4, -0.2) is 25.1 Å². The van der Waals surface area contributed by atoms with Gasteiger partial charge in [0.15, 0.2) is 0 Å². The van der Waals surface area contributed by atoms with Crippen molar-refractivity contribution in [2.24, 2.45) is 11.7 Å². The minimum absolute atomic E-state index is 0.0830. The molecule has 0 saturated heterocycles. The number of rotatable bonds is 8. The molecule has 1 aromatic carbocycles. The zero-order valence-corrected chi connectivity index (χ0v) is 14.3. The minimum Gasteiger partial charge on any atom is -0.380 e. The molecule has 0 unspecified atom stereocenters. The Morgan fingerprint density at radius 2 is 1.91 bits per heavy atom. The Morgan fingerprint density at radius 3 is 2.39 bits per heavy atom. The number of ether oxygens (including phenoxy) is 1. The third-order valence-electron chi connectivity index (χ3n) is 3.55. The maximum absolute atomic E-state index is 12.0. The van der Waals surface area contributed by atoms with Crippen LogP contribution in [0.4, 0.5) is 5.69 Å². The molecule has 2 atom stereocenters. The molecular formula is C18H27N3O2. The van der Waals surface area contributed by atoms with Crippen LogP contribution >= 0.6 is 0 Å². The number of carbonyl (C=O) groups excluding carboxylic acids is 1. The Bertz CT molecular complexity index is 560. The lowest BCUT2D eigenvalue weighted by Crippen LogP contribution is -2.48. The van der Waals surface area contributed by atoms with Gasteiger partial charge in [0.1, 0.15) is 0 Å². The van der Waals surface area contributed by atoms with E-state index in [0.29, 0.717) is 12.3 Å². The topological polar surface area (TPSA) is 76.4 Å². The molecular weight excluding hydrogens is 290 g/mol. The first kappa shape index (κ1) is 19.0. The first-order valence-electron chi connectivity index (χ1n) is 7.69. The summed E-state index contributed by atoms with van der Waals surface area (Å²) in [6.45, 7) is 9.96. The van der Waals surface area contributed by atoms with Crippen molar-refractivity contribution in [2.45, 2.75) is 39.5 Å². The van der Waals surface area contributed by atoms with Crippen LogP contribution in [-0.2, 0) is 16.1 Å². The van der Waals surface area contributed by atoms with Crippen molar-refractivity contribution in [3.05, 3.63) is 47.8 Å². The molecule has 0 heterocycles. The van der Waals surface area contributed by atoms with Crippen LogP contribution in [0.3, 0.4) is 0 Å². The summed E-state index contributed by atoms with van der Waals surface area (Å²) in [5.41, 5.74) is 11.4. The summed E-state index contributed by atoms with van der Waals surface area (Å²) in [7, 11) is 1.66. The van der Waals surface area contributed by atoms with Gasteiger partial charge in [-0.1, -0.05) is 32.6 Å². The van der Waals surface area contributed by atoms with E-state index in [4.69, 9.17) is 10.5 Å². The van der Waals surface area contributed by atoms with E-state index in [9.17, 15) is 4.79 Å². The zero-order chi connectivity index (χ0) is 17.4. The van der Waals surface area contributed by atoms with E-state index in [2.05, 4.69) is 22.9 Å². The van der Waals surface area contributed by atoms with Gasteiger partial charge in [0, 0.05) is 12.8 Å². The molecule has 1 aromatic rings. The highest BCUT2D eigenvalue weighted by molar-refractivity contribution is 5.82. The van der Waals surface area contributed by atoms with Crippen LogP contribution in [0.15, 0.2) is 42.3 Å². The molecule has 1 amide bonds. The molecule has 5 heteroatoms. The minimum atomic E-state index is -0.531. The molecule has 0 spiro atoms. The average molecular weight is 317 g/mol. The number of carbonyl (C=O) groups is 1. The van der Waals surface area contributed by atoms with Crippen molar-refractivity contribution in [3.8, 4) is 0 Å². The number of benzene rings is 1. The molecule has 0 aromatic heterocycles. The molecule has 126 valence electrons. The van der Waals surface area contributed by atoms with Gasteiger partial charge >= 0.3 is 0 Å². The normalized spacial score (nSPS) is 13.1. The summed E-state index contributed by atoms with van der Waals surface area (Å²) >= 11 is 0. The standard InChI is InChI=1S/C18H27N3O2/c1-6-16(13(4)20-18(22)17(19)12(2)3)21-15-9-7-14(8-10-15)11-23-5/h7-10,12-13,17,21H,1,11,19H2,2-5H3,(H,20,22)/t13-,17-/m0/s1. The second-order valence-corrected chi connectivity index (χ2v) is 5.85. The van der Waals surface area contributed by atoms with Gasteiger partial charge in [-0.15, -0.1) is 5.73 Å². The second kappa shape index (κ2) is 9.16. The van der Waals surface area contributed by atoms with Crippen LogP contribution in [0.25, 0.3) is 0 Å². The van der Waals surface area contributed by atoms with Crippen LogP contribution in [0.1, 0.15) is 26.3 Å². The smallest absolute Gasteiger partial charge is 0.237 e. The van der Waals surface area contributed by atoms with Crippen LogP contribution < -0.4 is 16.4 Å². The van der Waals surface area contributed by atoms with Crippen LogP contribution in [0.5, 0.6) is 0 Å². The Labute approximate surface area is 138 Å². The molecule has 0 saturated carbocycles. The van der Waals surface area contributed by atoms with Gasteiger partial charge in [-0.05, 0) is 30.5 Å². The van der Waals surface area contributed by atoms with E-state index in [0.717, 1.165) is 11.3 Å². The summed E-state index contributed by atoms with van der Waals surface area (Å²) in [5, 5.41) is 6.10. The van der Waals surface area contributed by atoms with Gasteiger partial charge in [-0.3, -0.25) is 4.79 Å². The van der Waals surface area contributed by atoms with Crippen LogP contribution in [0.2, 0.25) is 0 Å². The van der Waals surface area contributed by atoms with Crippen molar-refractivity contribution < 1.29 is 9.53 Å². The van der Waals surface area contributed by atoms with E-state index < -0.39 is 6.04 Å². The molecule has 5 nitrogen and oxygen atoms in total. The predicted octanol–water partition coefficient (Wildman–Crippen LogP) is 2.40. The number of hydrogen-bond acceptors (Lipinski definition) is 4. The lowest BCUT2D eigenvalue weighted by atomic mass is 10.0. The lowest BCUT2D eigenvalue weighted by molar-refractivity contribution is -0.123. The first-order chi connectivity index (χ1) is 10.9. The Morgan fingerprint density at radius 1 is 1.30 bits per heavy atom. The van der Waals surface area contributed by atoms with Gasteiger partial charge in [0.25, 0.3) is 0 Å². The van der Waals surface area contributed by atoms with Crippen molar-refractivity contribution in [3.63, 3.8) is 0 Å². The highest BCUT2D eigenvalue weighted by Crippen LogP contribution is 2.14. The van der Waals surface area contributed by atoms with Gasteiger partial charge in [0.2, 0.25) is 5.91 Å². The fraction of sp³-hybridized carbons (Fsp3) is 0.444. The van der Waals surface area contributed by atoms with E-state index in [1.807, 2.05) is 45.0 Å². The SMILES string of the molecule is C=C=C(Nc1ccc(COC)cc1)[C@H](C)NC(=O)[C@@H](N)C(C)C. The first-order valence-corrected chi connectivity index (χ1v) is 7.69. The molecule has 0 aliphatic carbocycles. The Balaban J connectivity index is 2.69. The summed E-state index contributed by atoms with van der Waals surface area (Å²) in [6, 6.07) is 7.05. The number of nitrogens with one attached hydrogen (secondary N) is 2. The largest absolute Gasteiger partial charge is 0.380 e. The number of methoxy groups -OCH3 is 1. The quantitative estimate of drug-likeness (QED) is 0.644. The predicted molar refractivity (Wildman–Crippen MR) is 93.8 cm³/mol. The molecule has 0 aliphatic heterocycles. The van der Waals surface area contributed by atoms with Crippen molar-refractivity contribution in [2.75, 3.05) is 12.4 Å². The number of nitrogens with two attached hydrogens (primary N) is 1. The van der Waals surface area contributed by atoms with Gasteiger partial charge in [-0.2, -0.15) is 0 Å². The van der Waals surface area contributed by atoms with Crippen molar-refractivity contribution >= 4 is 11.6 Å². The van der Waals surface area contributed by atoms with E-state index in [1.54, 1.807) is 7.11 Å². The average Bonchev–Trinajstić information content (AvgIpc) is 2.53. The highest BCUT2D eigenvalue weighted by atomic mass is 16.5. The van der Waals surface area contributed by atoms with Gasteiger partial charge in [0.05, 0.1) is 24.4 Å². The van der Waals surface area contributed by atoms with Crippen molar-refractivity contribution in [1.29, 1.82) is 0 Å². The third kappa shape index (κ3) is 5.91. The molecule has 4 N–H and O–H groups in total. The highest BCUT2D eigenvalue weighted by Gasteiger charge is 2.20. The van der Waals surface area contributed by atoms with E-state index in [-0.39, 0.29) is 17.9 Å². The number of anilines is 1. The fourth-order valence-corrected chi connectivity index (χ4v) is 2.00. The second-order valence-electron chi connectivity index (χ2n) is 5.85. The molecule has 1 rings (SSSR count). The maximum Gasteiger partial charge on any atom is 0.237 e. The molecule has 0 aliphatic rings. The maximum atomic E-state index is 12.0. The number of amides is 1. The third-order valence-corrected chi connectivity index (χ3v) is 3.55. The van der Waals surface area contributed by atoms with E-state index >= 15 is 0 Å². The Kier molecular flexibility index (Phi) is 7.55. The monoisotopic (exact) mass is 317 g/mol. The summed E-state index contributed by atoms with van der Waals surface area (Å²) < 4.78 is 5.09. The zero-order valence-electron chi connectivity index (χ0n) is 14.3. The summed E-state index contributed by atoms with van der Waals surface area (Å²) in [4.78, 5) is 12.0. The van der Waals surface area contributed by atoms with Gasteiger partial charge < -0.3 is 21.1 Å². The molecule has 0 bridgehead atoms. The molecule has 0 radical (unpaired) electrons. The lowest BCUT2D eigenvalue weighted by Gasteiger charge is -2.21.